The molecule has 0 aliphatic carbocycles. The molecule has 1 aliphatic rings. The lowest BCUT2D eigenvalue weighted by atomic mass is 9.72. The van der Waals surface area contributed by atoms with Crippen molar-refractivity contribution in [3.8, 4) is 5.75 Å². The van der Waals surface area contributed by atoms with Gasteiger partial charge in [-0.1, -0.05) is 47.6 Å². The van der Waals surface area contributed by atoms with Crippen LogP contribution < -0.4 is 10.1 Å². The Labute approximate surface area is 130 Å². The summed E-state index contributed by atoms with van der Waals surface area (Å²) >= 11 is 0. The van der Waals surface area contributed by atoms with Crippen LogP contribution in [0.1, 0.15) is 71.6 Å². The molecule has 1 N–H and O–H groups in total. The summed E-state index contributed by atoms with van der Waals surface area (Å²) in [6.07, 6.45) is 2.33. The first-order valence-corrected chi connectivity index (χ1v) is 8.23. The lowest BCUT2D eigenvalue weighted by Crippen LogP contribution is -2.26. The molecule has 2 nitrogen and oxygen atoms in total. The maximum absolute atomic E-state index is 5.81. The smallest absolute Gasteiger partial charge is 0.124 e. The van der Waals surface area contributed by atoms with Crippen LogP contribution >= 0.6 is 0 Å². The Morgan fingerprint density at radius 2 is 1.90 bits per heavy atom. The van der Waals surface area contributed by atoms with Crippen molar-refractivity contribution in [2.24, 2.45) is 5.41 Å². The third kappa shape index (κ3) is 4.00. The average molecular weight is 289 g/mol. The van der Waals surface area contributed by atoms with Crippen LogP contribution in [0.15, 0.2) is 18.2 Å². The van der Waals surface area contributed by atoms with E-state index in [2.05, 4.69) is 65.1 Å². The summed E-state index contributed by atoms with van der Waals surface area (Å²) in [6, 6.07) is 7.11. The van der Waals surface area contributed by atoms with Crippen LogP contribution in [0.25, 0.3) is 0 Å². The highest BCUT2D eigenvalue weighted by molar-refractivity contribution is 5.44. The Bertz CT molecular complexity index is 485. The van der Waals surface area contributed by atoms with Crippen molar-refractivity contribution in [1.82, 2.24) is 5.32 Å². The zero-order valence-electron chi connectivity index (χ0n) is 14.5. The van der Waals surface area contributed by atoms with Gasteiger partial charge in [-0.05, 0) is 47.9 Å². The highest BCUT2D eigenvalue weighted by Gasteiger charge is 2.30. The van der Waals surface area contributed by atoms with Gasteiger partial charge in [-0.25, -0.2) is 0 Å². The summed E-state index contributed by atoms with van der Waals surface area (Å²) in [5.41, 5.74) is 3.28. The minimum absolute atomic E-state index is 0.186. The van der Waals surface area contributed by atoms with E-state index in [1.165, 1.54) is 17.5 Å². The van der Waals surface area contributed by atoms with E-state index in [-0.39, 0.29) is 5.41 Å². The van der Waals surface area contributed by atoms with Crippen LogP contribution in [0.3, 0.4) is 0 Å². The van der Waals surface area contributed by atoms with Crippen LogP contribution in [0, 0.1) is 5.41 Å². The summed E-state index contributed by atoms with van der Waals surface area (Å²) in [4.78, 5) is 0. The number of ether oxygens (including phenoxy) is 1. The minimum atomic E-state index is 0.186. The first-order chi connectivity index (χ1) is 9.73. The molecule has 0 radical (unpaired) electrons. The molecule has 1 atom stereocenters. The zero-order chi connectivity index (χ0) is 15.7. The van der Waals surface area contributed by atoms with E-state index < -0.39 is 0 Å². The van der Waals surface area contributed by atoms with Gasteiger partial charge >= 0.3 is 0 Å². The van der Waals surface area contributed by atoms with Gasteiger partial charge in [0.1, 0.15) is 12.4 Å². The number of rotatable bonds is 5. The molecule has 1 aliphatic heterocycles. The molecule has 0 spiro atoms. The quantitative estimate of drug-likeness (QED) is 0.838. The predicted octanol–water partition coefficient (Wildman–Crippen LogP) is 4.83. The number of benzene rings is 1. The molecule has 21 heavy (non-hydrogen) atoms. The van der Waals surface area contributed by atoms with Gasteiger partial charge in [0.15, 0.2) is 0 Å². The molecule has 0 saturated carbocycles. The van der Waals surface area contributed by atoms with Gasteiger partial charge in [0, 0.05) is 5.56 Å². The van der Waals surface area contributed by atoms with Gasteiger partial charge in [0.2, 0.25) is 0 Å². The van der Waals surface area contributed by atoms with E-state index in [0.717, 1.165) is 25.3 Å². The normalized spacial score (nSPS) is 18.5. The van der Waals surface area contributed by atoms with Crippen LogP contribution in [-0.2, 0) is 5.41 Å². The molecule has 0 amide bonds. The molecule has 1 unspecified atom stereocenters. The first-order valence-electron chi connectivity index (χ1n) is 8.23. The average Bonchev–Trinajstić information content (AvgIpc) is 2.75. The van der Waals surface area contributed by atoms with E-state index >= 15 is 0 Å². The first kappa shape index (κ1) is 16.4. The largest absolute Gasteiger partial charge is 0.491 e. The van der Waals surface area contributed by atoms with Crippen LogP contribution in [-0.4, -0.2) is 13.2 Å². The molecule has 0 saturated heterocycles. The highest BCUT2D eigenvalue weighted by Crippen LogP contribution is 2.40. The molecule has 0 bridgehead atoms. The summed E-state index contributed by atoms with van der Waals surface area (Å²) in [5.74, 6) is 1.05. The van der Waals surface area contributed by atoms with Gasteiger partial charge in [0.25, 0.3) is 0 Å². The topological polar surface area (TPSA) is 21.3 Å². The van der Waals surface area contributed by atoms with Crippen molar-refractivity contribution in [2.45, 2.75) is 65.8 Å². The van der Waals surface area contributed by atoms with Crippen molar-refractivity contribution in [3.63, 3.8) is 0 Å². The monoisotopic (exact) mass is 289 g/mol. The lowest BCUT2D eigenvalue weighted by Gasteiger charge is -2.33. The Morgan fingerprint density at radius 1 is 1.19 bits per heavy atom. The fourth-order valence-corrected chi connectivity index (χ4v) is 3.55. The molecule has 1 aromatic rings. The fourth-order valence-electron chi connectivity index (χ4n) is 3.55. The molecule has 118 valence electrons. The highest BCUT2D eigenvalue weighted by atomic mass is 16.5. The van der Waals surface area contributed by atoms with E-state index in [9.17, 15) is 0 Å². The summed E-state index contributed by atoms with van der Waals surface area (Å²) in [6.45, 7) is 15.7. The molecule has 2 heteroatoms. The van der Waals surface area contributed by atoms with E-state index in [0.29, 0.717) is 11.5 Å². The molecular formula is C19H31NO. The van der Waals surface area contributed by atoms with Crippen molar-refractivity contribution < 1.29 is 4.74 Å². The third-order valence-electron chi connectivity index (χ3n) is 4.19. The van der Waals surface area contributed by atoms with Gasteiger partial charge in [-0.15, -0.1) is 0 Å². The molecule has 2 rings (SSSR count). The molecule has 1 aromatic carbocycles. The number of fused-ring (bicyclic) bond motifs is 1. The number of hydrogen-bond donors (Lipinski definition) is 1. The molecule has 0 fully saturated rings. The van der Waals surface area contributed by atoms with Crippen LogP contribution in [0.4, 0.5) is 0 Å². The maximum Gasteiger partial charge on any atom is 0.124 e. The van der Waals surface area contributed by atoms with Crippen LogP contribution in [0.5, 0.6) is 5.75 Å². The van der Waals surface area contributed by atoms with E-state index in [4.69, 9.17) is 4.74 Å². The molecule has 1 heterocycles. The second-order valence-electron chi connectivity index (χ2n) is 8.19. The van der Waals surface area contributed by atoms with Gasteiger partial charge in [-0.3, -0.25) is 0 Å². The second-order valence-corrected chi connectivity index (χ2v) is 8.19. The molecule has 0 aromatic heterocycles. The van der Waals surface area contributed by atoms with Crippen molar-refractivity contribution in [3.05, 3.63) is 29.3 Å². The number of hydrogen-bond acceptors (Lipinski definition) is 2. The van der Waals surface area contributed by atoms with Crippen molar-refractivity contribution in [2.75, 3.05) is 13.2 Å². The SMILES string of the molecule is CCCNC1COc2ccc(C(C)(C)CC(C)(C)C)cc21. The van der Waals surface area contributed by atoms with E-state index in [1.807, 2.05) is 0 Å². The number of nitrogens with one attached hydrogen (secondary N) is 1. The Morgan fingerprint density at radius 3 is 2.52 bits per heavy atom. The van der Waals surface area contributed by atoms with E-state index in [1.54, 1.807) is 0 Å². The zero-order valence-corrected chi connectivity index (χ0v) is 14.5. The summed E-state index contributed by atoms with van der Waals surface area (Å²) in [5, 5.41) is 3.59. The standard InChI is InChI=1S/C19H31NO/c1-7-10-20-16-12-21-17-9-8-14(11-15(16)17)19(5,6)13-18(2,3)4/h8-9,11,16,20H,7,10,12-13H2,1-6H3. The Hall–Kier alpha value is -1.02. The lowest BCUT2D eigenvalue weighted by molar-refractivity contribution is 0.284. The van der Waals surface area contributed by atoms with Gasteiger partial charge in [0.05, 0.1) is 6.04 Å². The van der Waals surface area contributed by atoms with Crippen molar-refractivity contribution in [1.29, 1.82) is 0 Å². The summed E-state index contributed by atoms with van der Waals surface area (Å²) in [7, 11) is 0. The Kier molecular flexibility index (Phi) is 4.67. The fraction of sp³-hybridized carbons (Fsp3) is 0.684. The van der Waals surface area contributed by atoms with Gasteiger partial charge < -0.3 is 10.1 Å². The minimum Gasteiger partial charge on any atom is -0.491 e. The Balaban J connectivity index is 2.24. The van der Waals surface area contributed by atoms with Crippen LogP contribution in [0.2, 0.25) is 0 Å². The third-order valence-corrected chi connectivity index (χ3v) is 4.19. The predicted molar refractivity (Wildman–Crippen MR) is 90.1 cm³/mol. The summed E-state index contributed by atoms with van der Waals surface area (Å²) < 4.78 is 5.81. The molecular weight excluding hydrogens is 258 g/mol. The maximum atomic E-state index is 5.81. The second kappa shape index (κ2) is 6.00. The van der Waals surface area contributed by atoms with Gasteiger partial charge in [-0.2, -0.15) is 0 Å². The van der Waals surface area contributed by atoms with Crippen molar-refractivity contribution >= 4 is 0 Å².